The van der Waals surface area contributed by atoms with Gasteiger partial charge in [0.25, 0.3) is 0 Å². The van der Waals surface area contributed by atoms with Crippen LogP contribution in [0.2, 0.25) is 0 Å². The van der Waals surface area contributed by atoms with Crippen molar-refractivity contribution in [1.82, 2.24) is 4.90 Å². The second-order valence-electron chi connectivity index (χ2n) is 4.09. The van der Waals surface area contributed by atoms with E-state index >= 15 is 0 Å². The van der Waals surface area contributed by atoms with Crippen molar-refractivity contribution in [2.75, 3.05) is 20.2 Å². The van der Waals surface area contributed by atoms with Crippen molar-refractivity contribution in [3.05, 3.63) is 0 Å². The van der Waals surface area contributed by atoms with Gasteiger partial charge in [-0.3, -0.25) is 4.90 Å². The second kappa shape index (κ2) is 4.94. The fraction of sp³-hybridized carbons (Fsp3) is 1.00. The minimum absolute atomic E-state index is 0.246. The van der Waals surface area contributed by atoms with Gasteiger partial charge < -0.3 is 10.5 Å². The molecule has 0 bridgehead atoms. The van der Waals surface area contributed by atoms with Crippen molar-refractivity contribution < 1.29 is 4.74 Å². The van der Waals surface area contributed by atoms with Gasteiger partial charge in [0.1, 0.15) is 0 Å². The number of hydrogen-bond donors (Lipinski definition) is 1. The van der Waals surface area contributed by atoms with Crippen molar-refractivity contribution in [1.29, 1.82) is 0 Å². The summed E-state index contributed by atoms with van der Waals surface area (Å²) >= 11 is 0. The number of nitrogens with two attached hydrogens (primary N) is 1. The molecule has 0 aromatic heterocycles. The zero-order valence-electron chi connectivity index (χ0n) is 8.99. The van der Waals surface area contributed by atoms with Crippen LogP contribution < -0.4 is 5.73 Å². The highest BCUT2D eigenvalue weighted by atomic mass is 16.5. The summed E-state index contributed by atoms with van der Waals surface area (Å²) < 4.78 is 5.37. The molecule has 0 radical (unpaired) electrons. The molecule has 0 amide bonds. The fourth-order valence-corrected chi connectivity index (χ4v) is 1.86. The first-order valence-corrected chi connectivity index (χ1v) is 5.17. The van der Waals surface area contributed by atoms with E-state index in [0.717, 1.165) is 6.54 Å². The van der Waals surface area contributed by atoms with E-state index in [0.29, 0.717) is 12.1 Å². The highest BCUT2D eigenvalue weighted by Crippen LogP contribution is 2.15. The molecule has 0 aromatic rings. The summed E-state index contributed by atoms with van der Waals surface area (Å²) in [5, 5.41) is 0. The maximum absolute atomic E-state index is 5.87. The maximum atomic E-state index is 5.87. The molecule has 0 spiro atoms. The number of piperidine rings is 1. The smallest absolute Gasteiger partial charge is 0.0698 e. The van der Waals surface area contributed by atoms with Crippen LogP contribution in [-0.4, -0.2) is 43.3 Å². The van der Waals surface area contributed by atoms with E-state index in [1.165, 1.54) is 19.4 Å². The van der Waals surface area contributed by atoms with E-state index in [4.69, 9.17) is 10.5 Å². The van der Waals surface area contributed by atoms with E-state index in [2.05, 4.69) is 18.7 Å². The topological polar surface area (TPSA) is 38.5 Å². The van der Waals surface area contributed by atoms with Gasteiger partial charge in [-0.05, 0) is 33.2 Å². The summed E-state index contributed by atoms with van der Waals surface area (Å²) in [7, 11) is 1.80. The largest absolute Gasteiger partial charge is 0.380 e. The molecule has 0 saturated carbocycles. The van der Waals surface area contributed by atoms with Gasteiger partial charge in [-0.1, -0.05) is 0 Å². The van der Waals surface area contributed by atoms with Crippen molar-refractivity contribution in [3.8, 4) is 0 Å². The first-order chi connectivity index (χ1) is 6.15. The Kier molecular flexibility index (Phi) is 4.16. The fourth-order valence-electron chi connectivity index (χ4n) is 1.86. The van der Waals surface area contributed by atoms with E-state index in [1.807, 2.05) is 0 Å². The van der Waals surface area contributed by atoms with Crippen LogP contribution in [0.5, 0.6) is 0 Å². The molecule has 1 aliphatic rings. The molecule has 3 nitrogen and oxygen atoms in total. The Hall–Kier alpha value is -0.120. The molecule has 13 heavy (non-hydrogen) atoms. The minimum atomic E-state index is 0.246. The van der Waals surface area contributed by atoms with Gasteiger partial charge in [-0.15, -0.1) is 0 Å². The van der Waals surface area contributed by atoms with Gasteiger partial charge in [0.2, 0.25) is 0 Å². The van der Waals surface area contributed by atoms with Gasteiger partial charge in [-0.2, -0.15) is 0 Å². The summed E-state index contributed by atoms with van der Waals surface area (Å²) in [5.74, 6) is 0. The second-order valence-corrected chi connectivity index (χ2v) is 4.09. The summed E-state index contributed by atoms with van der Waals surface area (Å²) in [5.41, 5.74) is 5.87. The number of hydrogen-bond acceptors (Lipinski definition) is 3. The highest BCUT2D eigenvalue weighted by Gasteiger charge is 2.24. The molecular formula is C10H22N2O. The van der Waals surface area contributed by atoms with E-state index < -0.39 is 0 Å². The SMILES string of the molecule is COC1CCCN(C(C)C(C)N)C1. The average molecular weight is 186 g/mol. The molecule has 1 rings (SSSR count). The van der Waals surface area contributed by atoms with Crippen LogP contribution in [0, 0.1) is 0 Å². The molecule has 3 unspecified atom stereocenters. The van der Waals surface area contributed by atoms with Crippen LogP contribution in [0.15, 0.2) is 0 Å². The molecule has 0 aliphatic carbocycles. The highest BCUT2D eigenvalue weighted by molar-refractivity contribution is 4.81. The molecule has 2 N–H and O–H groups in total. The van der Waals surface area contributed by atoms with Crippen LogP contribution in [0.4, 0.5) is 0 Å². The summed E-state index contributed by atoms with van der Waals surface area (Å²) in [6, 6.07) is 0.716. The van der Waals surface area contributed by atoms with Crippen molar-refractivity contribution in [2.45, 2.75) is 44.9 Å². The standard InChI is InChI=1S/C10H22N2O/c1-8(11)9(2)12-6-4-5-10(7-12)13-3/h8-10H,4-7,11H2,1-3H3. The lowest BCUT2D eigenvalue weighted by Gasteiger charge is -2.37. The predicted molar refractivity (Wildman–Crippen MR) is 54.7 cm³/mol. The lowest BCUT2D eigenvalue weighted by Crippen LogP contribution is -2.50. The molecule has 1 fully saturated rings. The number of rotatable bonds is 3. The van der Waals surface area contributed by atoms with Gasteiger partial charge in [0.15, 0.2) is 0 Å². The Balaban J connectivity index is 2.41. The summed E-state index contributed by atoms with van der Waals surface area (Å²) in [4.78, 5) is 2.43. The first kappa shape index (κ1) is 11.0. The van der Waals surface area contributed by atoms with Crippen LogP contribution in [-0.2, 0) is 4.74 Å². The maximum Gasteiger partial charge on any atom is 0.0698 e. The third-order valence-corrected chi connectivity index (χ3v) is 3.08. The van der Waals surface area contributed by atoms with E-state index in [9.17, 15) is 0 Å². The molecule has 1 aliphatic heterocycles. The molecule has 78 valence electrons. The van der Waals surface area contributed by atoms with E-state index in [-0.39, 0.29) is 6.04 Å². The predicted octanol–water partition coefficient (Wildman–Crippen LogP) is 0.833. The van der Waals surface area contributed by atoms with Crippen LogP contribution in [0.3, 0.4) is 0 Å². The quantitative estimate of drug-likeness (QED) is 0.709. The lowest BCUT2D eigenvalue weighted by molar-refractivity contribution is 0.0142. The molecule has 1 saturated heterocycles. The third-order valence-electron chi connectivity index (χ3n) is 3.08. The number of methoxy groups -OCH3 is 1. The monoisotopic (exact) mass is 186 g/mol. The number of nitrogens with zero attached hydrogens (tertiary/aromatic N) is 1. The summed E-state index contributed by atoms with van der Waals surface area (Å²) in [6.07, 6.45) is 2.84. The van der Waals surface area contributed by atoms with Crippen LogP contribution in [0.25, 0.3) is 0 Å². The van der Waals surface area contributed by atoms with Gasteiger partial charge in [0, 0.05) is 25.7 Å². The third kappa shape index (κ3) is 2.93. The van der Waals surface area contributed by atoms with Gasteiger partial charge in [0.05, 0.1) is 6.10 Å². The van der Waals surface area contributed by atoms with Crippen LogP contribution >= 0.6 is 0 Å². The Morgan fingerprint density at radius 3 is 2.69 bits per heavy atom. The Labute approximate surface area is 81.2 Å². The Morgan fingerprint density at radius 1 is 1.46 bits per heavy atom. The normalized spacial score (nSPS) is 30.0. The number of ether oxygens (including phenoxy) is 1. The molecule has 1 heterocycles. The van der Waals surface area contributed by atoms with E-state index in [1.54, 1.807) is 7.11 Å². The van der Waals surface area contributed by atoms with Crippen molar-refractivity contribution in [3.63, 3.8) is 0 Å². The Bertz CT molecular complexity index is 150. The molecule has 3 atom stereocenters. The van der Waals surface area contributed by atoms with Crippen molar-refractivity contribution in [2.24, 2.45) is 5.73 Å². The first-order valence-electron chi connectivity index (χ1n) is 5.17. The van der Waals surface area contributed by atoms with Gasteiger partial charge in [-0.25, -0.2) is 0 Å². The minimum Gasteiger partial charge on any atom is -0.380 e. The van der Waals surface area contributed by atoms with Crippen LogP contribution in [0.1, 0.15) is 26.7 Å². The zero-order valence-corrected chi connectivity index (χ0v) is 8.99. The zero-order chi connectivity index (χ0) is 9.84. The molecule has 0 aromatic carbocycles. The number of likely N-dealkylation sites (tertiary alicyclic amines) is 1. The Morgan fingerprint density at radius 2 is 2.15 bits per heavy atom. The van der Waals surface area contributed by atoms with Gasteiger partial charge >= 0.3 is 0 Å². The molecular weight excluding hydrogens is 164 g/mol. The molecule has 3 heteroatoms. The summed E-state index contributed by atoms with van der Waals surface area (Å²) in [6.45, 7) is 6.48. The van der Waals surface area contributed by atoms with Crippen molar-refractivity contribution >= 4 is 0 Å². The average Bonchev–Trinajstić information content (AvgIpc) is 2.16. The lowest BCUT2D eigenvalue weighted by atomic mass is 10.0.